The van der Waals surface area contributed by atoms with Crippen molar-refractivity contribution >= 4 is 23.4 Å². The lowest BCUT2D eigenvalue weighted by Gasteiger charge is -2.24. The average molecular weight is 423 g/mol. The molecule has 7 nitrogen and oxygen atoms in total. The smallest absolute Gasteiger partial charge is 0.339 e. The molecule has 2 aromatic carbocycles. The number of nitrogens with zero attached hydrogens (tertiary/aromatic N) is 1. The Labute approximate surface area is 180 Å². The molecule has 1 N–H and O–H groups in total. The zero-order valence-corrected chi connectivity index (χ0v) is 17.8. The van der Waals surface area contributed by atoms with E-state index < -0.39 is 29.7 Å². The molecule has 0 radical (unpaired) electrons. The molecule has 162 valence electrons. The fraction of sp³-hybridized carbons (Fsp3) is 0.292. The molecule has 7 heteroatoms. The van der Waals surface area contributed by atoms with Crippen molar-refractivity contribution in [2.75, 3.05) is 13.7 Å². The van der Waals surface area contributed by atoms with Crippen LogP contribution in [0.2, 0.25) is 0 Å². The number of hydrogen-bond acceptors (Lipinski definition) is 6. The Balaban J connectivity index is 2.23. The molecule has 1 unspecified atom stereocenters. The second kappa shape index (κ2) is 9.14. The number of rotatable bonds is 8. The summed E-state index contributed by atoms with van der Waals surface area (Å²) in [5, 5.41) is 11.4. The van der Waals surface area contributed by atoms with Gasteiger partial charge >= 0.3 is 5.97 Å². The highest BCUT2D eigenvalue weighted by molar-refractivity contribution is 6.16. The maximum absolute atomic E-state index is 13.4. The van der Waals surface area contributed by atoms with Crippen LogP contribution in [0.4, 0.5) is 0 Å². The molecular formula is C24H25NO6. The van der Waals surface area contributed by atoms with Crippen molar-refractivity contribution in [3.8, 4) is 5.75 Å². The van der Waals surface area contributed by atoms with Crippen LogP contribution in [0.3, 0.4) is 0 Å². The van der Waals surface area contributed by atoms with E-state index in [9.17, 15) is 19.5 Å². The molecule has 1 amide bonds. The van der Waals surface area contributed by atoms with Crippen LogP contribution < -0.4 is 4.74 Å². The number of aliphatic hydroxyl groups is 1. The number of ether oxygens (including phenoxy) is 2. The lowest BCUT2D eigenvalue weighted by Crippen LogP contribution is -2.45. The van der Waals surface area contributed by atoms with Gasteiger partial charge in [-0.15, -0.1) is 0 Å². The number of carbonyl (C=O) groups excluding carboxylic acids is 3. The molecule has 0 spiro atoms. The summed E-state index contributed by atoms with van der Waals surface area (Å²) in [6.45, 7) is 3.07. The second-order valence-corrected chi connectivity index (χ2v) is 7.29. The molecule has 0 saturated carbocycles. The zero-order valence-electron chi connectivity index (χ0n) is 17.8. The minimum atomic E-state index is -2.30. The van der Waals surface area contributed by atoms with Crippen LogP contribution in [-0.4, -0.2) is 47.0 Å². The highest BCUT2D eigenvalue weighted by atomic mass is 16.5. The fourth-order valence-corrected chi connectivity index (χ4v) is 3.72. The molecule has 0 bridgehead atoms. The van der Waals surface area contributed by atoms with Gasteiger partial charge in [0.05, 0.1) is 26.0 Å². The van der Waals surface area contributed by atoms with Gasteiger partial charge in [-0.05, 0) is 49.2 Å². The van der Waals surface area contributed by atoms with Gasteiger partial charge in [0.15, 0.2) is 5.60 Å². The van der Waals surface area contributed by atoms with E-state index in [1.807, 2.05) is 30.3 Å². The van der Waals surface area contributed by atoms with Gasteiger partial charge in [-0.3, -0.25) is 9.59 Å². The first-order chi connectivity index (χ1) is 14.8. The highest BCUT2D eigenvalue weighted by Crippen LogP contribution is 2.42. The van der Waals surface area contributed by atoms with Gasteiger partial charge in [0.2, 0.25) is 0 Å². The maximum atomic E-state index is 13.4. The fourth-order valence-electron chi connectivity index (χ4n) is 3.72. The van der Waals surface area contributed by atoms with Gasteiger partial charge in [-0.1, -0.05) is 30.3 Å². The lowest BCUT2D eigenvalue weighted by atomic mass is 9.88. The molecule has 2 aromatic rings. The van der Waals surface area contributed by atoms with Crippen LogP contribution in [-0.2, 0) is 25.7 Å². The monoisotopic (exact) mass is 423 g/mol. The zero-order chi connectivity index (χ0) is 22.6. The Morgan fingerprint density at radius 2 is 1.71 bits per heavy atom. The summed E-state index contributed by atoms with van der Waals surface area (Å²) in [5.74, 6) is -1.39. The van der Waals surface area contributed by atoms with E-state index in [1.165, 1.54) is 18.9 Å². The Bertz CT molecular complexity index is 1010. The quantitative estimate of drug-likeness (QED) is 0.657. The van der Waals surface area contributed by atoms with E-state index >= 15 is 0 Å². The van der Waals surface area contributed by atoms with Gasteiger partial charge in [0.25, 0.3) is 5.91 Å². The summed E-state index contributed by atoms with van der Waals surface area (Å²) >= 11 is 0. The van der Waals surface area contributed by atoms with Gasteiger partial charge in [0, 0.05) is 6.42 Å². The number of ketones is 1. The van der Waals surface area contributed by atoms with Gasteiger partial charge in [-0.25, -0.2) is 4.79 Å². The summed E-state index contributed by atoms with van der Waals surface area (Å²) in [5.41, 5.74) is -0.985. The van der Waals surface area contributed by atoms with Gasteiger partial charge in [-0.2, -0.15) is 0 Å². The number of Topliss-reactive ketones (excluding diaryl/α,β-unsaturated/α-hetero) is 1. The largest absolute Gasteiger partial charge is 0.497 e. The van der Waals surface area contributed by atoms with Crippen LogP contribution >= 0.6 is 0 Å². The molecule has 0 fully saturated rings. The molecule has 0 aromatic heterocycles. The van der Waals surface area contributed by atoms with Crippen molar-refractivity contribution < 1.29 is 29.0 Å². The number of hydrogen-bond donors (Lipinski definition) is 1. The van der Waals surface area contributed by atoms with E-state index in [0.717, 1.165) is 5.56 Å². The first-order valence-corrected chi connectivity index (χ1v) is 9.95. The molecule has 31 heavy (non-hydrogen) atoms. The summed E-state index contributed by atoms with van der Waals surface area (Å²) in [6.07, 6.45) is -0.523. The van der Waals surface area contributed by atoms with Crippen molar-refractivity contribution in [3.63, 3.8) is 0 Å². The van der Waals surface area contributed by atoms with Crippen LogP contribution in [0.15, 0.2) is 60.2 Å². The molecular weight excluding hydrogens is 398 g/mol. The minimum Gasteiger partial charge on any atom is -0.497 e. The maximum Gasteiger partial charge on any atom is 0.339 e. The summed E-state index contributed by atoms with van der Waals surface area (Å²) in [7, 11) is 1.53. The first kappa shape index (κ1) is 22.2. The molecule has 1 aliphatic heterocycles. The molecule has 0 saturated heterocycles. The normalized spacial score (nSPS) is 18.3. The van der Waals surface area contributed by atoms with E-state index in [2.05, 4.69) is 0 Å². The van der Waals surface area contributed by atoms with Crippen LogP contribution in [0.1, 0.15) is 31.4 Å². The Kier molecular flexibility index (Phi) is 6.56. The van der Waals surface area contributed by atoms with Crippen molar-refractivity contribution in [2.45, 2.75) is 32.4 Å². The van der Waals surface area contributed by atoms with E-state index in [1.54, 1.807) is 31.2 Å². The summed E-state index contributed by atoms with van der Waals surface area (Å²) in [6, 6.07) is 16.0. The van der Waals surface area contributed by atoms with Gasteiger partial charge in [0.1, 0.15) is 17.1 Å². The van der Waals surface area contributed by atoms with Crippen LogP contribution in [0, 0.1) is 0 Å². The molecule has 3 rings (SSSR count). The third-order valence-electron chi connectivity index (χ3n) is 5.05. The van der Waals surface area contributed by atoms with Crippen molar-refractivity contribution in [2.24, 2.45) is 0 Å². The standard InChI is InChI=1S/C24H25NO6/c1-4-31-22(27)20-21(18-10-12-19(30-3)13-11-18)25(15-17-8-6-5-7-9-17)23(28)24(20,29)14-16(2)26/h5-13,29H,4,14-15H2,1-3H3. The van der Waals surface area contributed by atoms with Crippen molar-refractivity contribution in [1.82, 2.24) is 4.90 Å². The average Bonchev–Trinajstić information content (AvgIpc) is 2.96. The second-order valence-electron chi connectivity index (χ2n) is 7.29. The summed E-state index contributed by atoms with van der Waals surface area (Å²) in [4.78, 5) is 39.7. The van der Waals surface area contributed by atoms with Crippen molar-refractivity contribution in [3.05, 3.63) is 71.3 Å². The molecule has 1 heterocycles. The first-order valence-electron chi connectivity index (χ1n) is 9.95. The third-order valence-corrected chi connectivity index (χ3v) is 5.05. The number of benzene rings is 2. The molecule has 1 aliphatic rings. The Hall–Kier alpha value is -3.45. The van der Waals surface area contributed by atoms with E-state index in [0.29, 0.717) is 11.3 Å². The Morgan fingerprint density at radius 3 is 2.26 bits per heavy atom. The van der Waals surface area contributed by atoms with Crippen LogP contribution in [0.5, 0.6) is 5.75 Å². The number of carbonyl (C=O) groups is 3. The topological polar surface area (TPSA) is 93.1 Å². The summed E-state index contributed by atoms with van der Waals surface area (Å²) < 4.78 is 10.4. The lowest BCUT2D eigenvalue weighted by molar-refractivity contribution is -0.150. The SMILES string of the molecule is CCOC(=O)C1=C(c2ccc(OC)cc2)N(Cc2ccccc2)C(=O)C1(O)CC(C)=O. The number of methoxy groups -OCH3 is 1. The third kappa shape index (κ3) is 4.36. The number of esters is 1. The molecule has 0 aliphatic carbocycles. The number of amides is 1. The van der Waals surface area contributed by atoms with Crippen LogP contribution in [0.25, 0.3) is 5.70 Å². The minimum absolute atomic E-state index is 0.0568. The molecule has 1 atom stereocenters. The predicted molar refractivity (Wildman–Crippen MR) is 114 cm³/mol. The van der Waals surface area contributed by atoms with E-state index in [4.69, 9.17) is 9.47 Å². The van der Waals surface area contributed by atoms with Crippen molar-refractivity contribution in [1.29, 1.82) is 0 Å². The van der Waals surface area contributed by atoms with E-state index in [-0.39, 0.29) is 24.4 Å². The predicted octanol–water partition coefficient (Wildman–Crippen LogP) is 2.72. The van der Waals surface area contributed by atoms with Gasteiger partial charge < -0.3 is 19.5 Å². The Morgan fingerprint density at radius 1 is 1.06 bits per heavy atom. The highest BCUT2D eigenvalue weighted by Gasteiger charge is 2.55.